The average molecular weight is 470 g/mol. The maximum atomic E-state index is 9.72. The van der Waals surface area contributed by atoms with Crippen LogP contribution in [-0.2, 0) is 10.1 Å². The van der Waals surface area contributed by atoms with Gasteiger partial charge in [0.05, 0.1) is 6.26 Å². The number of rotatable bonds is 8. The maximum absolute atomic E-state index is 9.72. The number of nitrogens with one attached hydrogen (secondary N) is 1. The first kappa shape index (κ1) is 26.1. The Kier molecular flexibility index (Phi) is 10.1. The zero-order chi connectivity index (χ0) is 24.3. The molecule has 0 saturated heterocycles. The number of phenols is 1. The average Bonchev–Trinajstić information content (AvgIpc) is 2.78. The van der Waals surface area contributed by atoms with Crippen molar-refractivity contribution >= 4 is 21.3 Å². The van der Waals surface area contributed by atoms with E-state index in [1.807, 2.05) is 37.4 Å². The molecule has 6 nitrogen and oxygen atoms in total. The Labute approximate surface area is 196 Å². The summed E-state index contributed by atoms with van der Waals surface area (Å²) in [7, 11) is -1.75. The Bertz CT molecular complexity index is 1120. The summed E-state index contributed by atoms with van der Waals surface area (Å²) in [6.07, 6.45) is 1.62. The molecular weight excluding hydrogens is 438 g/mol. The summed E-state index contributed by atoms with van der Waals surface area (Å²) in [5, 5.41) is 12.8. The Balaban J connectivity index is 0.000000696. The molecule has 3 N–H and O–H groups in total. The van der Waals surface area contributed by atoms with Crippen molar-refractivity contribution in [3.05, 3.63) is 95.6 Å². The van der Waals surface area contributed by atoms with E-state index in [9.17, 15) is 13.5 Å². The highest BCUT2D eigenvalue weighted by Gasteiger charge is 2.13. The van der Waals surface area contributed by atoms with Crippen LogP contribution in [0.1, 0.15) is 30.0 Å². The summed E-state index contributed by atoms with van der Waals surface area (Å²) >= 11 is 0. The zero-order valence-corrected chi connectivity index (χ0v) is 20.0. The summed E-state index contributed by atoms with van der Waals surface area (Å²) in [6, 6.07) is 26.1. The molecule has 0 aliphatic rings. The zero-order valence-electron chi connectivity index (χ0n) is 19.2. The van der Waals surface area contributed by atoms with Gasteiger partial charge < -0.3 is 15.2 Å². The number of hydrogen-bond donors (Lipinski definition) is 3. The van der Waals surface area contributed by atoms with Crippen molar-refractivity contribution in [2.75, 3.05) is 26.5 Å². The molecule has 0 radical (unpaired) electrons. The molecule has 3 aromatic rings. The van der Waals surface area contributed by atoms with E-state index in [4.69, 9.17) is 9.29 Å². The van der Waals surface area contributed by atoms with Gasteiger partial charge in [-0.05, 0) is 65.6 Å². The molecular formula is C26H31NO5S. The quantitative estimate of drug-likeness (QED) is 0.248. The fraction of sp³-hybridized carbons (Fsp3) is 0.231. The third kappa shape index (κ3) is 9.10. The molecule has 0 aliphatic heterocycles. The van der Waals surface area contributed by atoms with E-state index < -0.39 is 10.1 Å². The Morgan fingerprint density at radius 3 is 1.88 bits per heavy atom. The number of allylic oxidation sites excluding steroid dienone is 1. The van der Waals surface area contributed by atoms with E-state index in [1.165, 1.54) is 16.7 Å². The first-order valence-corrected chi connectivity index (χ1v) is 12.5. The van der Waals surface area contributed by atoms with Crippen molar-refractivity contribution in [1.82, 2.24) is 5.32 Å². The first-order chi connectivity index (χ1) is 15.7. The molecule has 0 saturated carbocycles. The lowest BCUT2D eigenvalue weighted by atomic mass is 9.88. The minimum Gasteiger partial charge on any atom is -0.508 e. The summed E-state index contributed by atoms with van der Waals surface area (Å²) in [5.41, 5.74) is 5.88. The topological polar surface area (TPSA) is 95.9 Å². The van der Waals surface area contributed by atoms with Gasteiger partial charge in [0, 0.05) is 6.54 Å². The Morgan fingerprint density at radius 2 is 1.39 bits per heavy atom. The smallest absolute Gasteiger partial charge is 0.261 e. The molecule has 3 aromatic carbocycles. The van der Waals surface area contributed by atoms with Crippen LogP contribution >= 0.6 is 0 Å². The number of ether oxygens (including phenoxy) is 1. The van der Waals surface area contributed by atoms with Crippen molar-refractivity contribution in [1.29, 1.82) is 0 Å². The third-order valence-electron chi connectivity index (χ3n) is 4.70. The summed E-state index contributed by atoms with van der Waals surface area (Å²) in [4.78, 5) is 0. The molecule has 3 rings (SSSR count). The van der Waals surface area contributed by atoms with Gasteiger partial charge >= 0.3 is 0 Å². The normalized spacial score (nSPS) is 11.8. The van der Waals surface area contributed by atoms with Gasteiger partial charge in [-0.25, -0.2) is 0 Å². The van der Waals surface area contributed by atoms with E-state index in [-0.39, 0.29) is 5.75 Å². The maximum Gasteiger partial charge on any atom is 0.261 e. The van der Waals surface area contributed by atoms with Gasteiger partial charge in [0.15, 0.2) is 0 Å². The van der Waals surface area contributed by atoms with Crippen LogP contribution in [0.15, 0.2) is 78.9 Å². The van der Waals surface area contributed by atoms with E-state index in [2.05, 4.69) is 48.6 Å². The predicted octanol–water partition coefficient (Wildman–Crippen LogP) is 4.86. The molecule has 33 heavy (non-hydrogen) atoms. The van der Waals surface area contributed by atoms with Gasteiger partial charge in [-0.15, -0.1) is 0 Å². The van der Waals surface area contributed by atoms with Crippen LogP contribution in [0.2, 0.25) is 0 Å². The van der Waals surface area contributed by atoms with Crippen LogP contribution in [0.25, 0.3) is 11.1 Å². The molecule has 0 aromatic heterocycles. The van der Waals surface area contributed by atoms with E-state index in [0.29, 0.717) is 12.9 Å². The molecule has 0 aliphatic carbocycles. The van der Waals surface area contributed by atoms with Crippen LogP contribution in [-0.4, -0.2) is 44.5 Å². The second-order valence-corrected chi connectivity index (χ2v) is 8.80. The van der Waals surface area contributed by atoms with Gasteiger partial charge in [0.2, 0.25) is 0 Å². The SMILES string of the molecule is CC/C(=C(\c1ccc(O)cc1)c1ccc(OCCNC)cc1)c1ccccc1.CS(=O)(=O)O. The van der Waals surface area contributed by atoms with Crippen molar-refractivity contribution in [2.24, 2.45) is 0 Å². The Morgan fingerprint density at radius 1 is 0.879 bits per heavy atom. The van der Waals surface area contributed by atoms with Gasteiger partial charge in [-0.3, -0.25) is 4.55 Å². The molecule has 0 atom stereocenters. The lowest BCUT2D eigenvalue weighted by molar-refractivity contribution is 0.318. The monoisotopic (exact) mass is 469 g/mol. The van der Waals surface area contributed by atoms with Gasteiger partial charge in [-0.2, -0.15) is 8.42 Å². The number of phenolic OH excluding ortho intramolecular Hbond substituents is 1. The Hall–Kier alpha value is -3.13. The van der Waals surface area contributed by atoms with Crippen LogP contribution in [0.5, 0.6) is 11.5 Å². The van der Waals surface area contributed by atoms with E-state index >= 15 is 0 Å². The summed E-state index contributed by atoms with van der Waals surface area (Å²) in [6.45, 7) is 3.63. The summed E-state index contributed by atoms with van der Waals surface area (Å²) in [5.74, 6) is 1.14. The second-order valence-electron chi connectivity index (χ2n) is 7.33. The van der Waals surface area contributed by atoms with Gasteiger partial charge in [0.25, 0.3) is 10.1 Å². The van der Waals surface area contributed by atoms with E-state index in [1.54, 1.807) is 12.1 Å². The van der Waals surface area contributed by atoms with Crippen LogP contribution < -0.4 is 10.1 Å². The highest BCUT2D eigenvalue weighted by atomic mass is 32.2. The lowest BCUT2D eigenvalue weighted by Crippen LogP contribution is -2.15. The van der Waals surface area contributed by atoms with E-state index in [0.717, 1.165) is 29.8 Å². The van der Waals surface area contributed by atoms with Crippen LogP contribution in [0, 0.1) is 0 Å². The molecule has 0 fully saturated rings. The molecule has 0 bridgehead atoms. The minimum absolute atomic E-state index is 0.272. The number of aromatic hydroxyl groups is 1. The lowest BCUT2D eigenvalue weighted by Gasteiger charge is -2.17. The van der Waals surface area contributed by atoms with Crippen molar-refractivity contribution in [3.63, 3.8) is 0 Å². The molecule has 0 spiro atoms. The van der Waals surface area contributed by atoms with Crippen molar-refractivity contribution in [2.45, 2.75) is 13.3 Å². The molecule has 0 amide bonds. The predicted molar refractivity (Wildman–Crippen MR) is 134 cm³/mol. The first-order valence-electron chi connectivity index (χ1n) is 10.6. The fourth-order valence-electron chi connectivity index (χ4n) is 3.30. The highest BCUT2D eigenvalue weighted by Crippen LogP contribution is 2.35. The summed E-state index contributed by atoms with van der Waals surface area (Å²) < 4.78 is 31.6. The fourth-order valence-corrected chi connectivity index (χ4v) is 3.30. The number of likely N-dealkylation sites (N-methyl/N-ethyl adjacent to an activating group) is 1. The molecule has 7 heteroatoms. The standard InChI is InChI=1S/C25H27NO2.CH4O3S/c1-3-24(19-7-5-4-6-8-19)25(20-9-13-22(27)14-10-20)21-11-15-23(16-12-21)28-18-17-26-2;1-5(2,3)4/h4-16,26-27H,3,17-18H2,1-2H3;1H3,(H,2,3,4)/b25-24-;. The molecule has 0 unspecified atom stereocenters. The highest BCUT2D eigenvalue weighted by molar-refractivity contribution is 7.85. The van der Waals surface area contributed by atoms with Gasteiger partial charge in [0.1, 0.15) is 18.1 Å². The van der Waals surface area contributed by atoms with Crippen LogP contribution in [0.4, 0.5) is 0 Å². The minimum atomic E-state index is -3.67. The second kappa shape index (κ2) is 12.8. The molecule has 176 valence electrons. The van der Waals surface area contributed by atoms with Crippen LogP contribution in [0.3, 0.4) is 0 Å². The van der Waals surface area contributed by atoms with Crippen molar-refractivity contribution < 1.29 is 22.8 Å². The van der Waals surface area contributed by atoms with Gasteiger partial charge in [-0.1, -0.05) is 61.5 Å². The van der Waals surface area contributed by atoms with Crippen molar-refractivity contribution in [3.8, 4) is 11.5 Å². The molecule has 0 heterocycles. The number of hydrogen-bond acceptors (Lipinski definition) is 5. The third-order valence-corrected chi connectivity index (χ3v) is 4.70. The largest absolute Gasteiger partial charge is 0.508 e. The number of benzene rings is 3.